The number of nitrogens with zero attached hydrogens (tertiary/aromatic N) is 3. The third kappa shape index (κ3) is 2.47. The van der Waals surface area contributed by atoms with Gasteiger partial charge in [0.25, 0.3) is 0 Å². The summed E-state index contributed by atoms with van der Waals surface area (Å²) in [5.41, 5.74) is 0. The number of carbonyl (C=O) groups excluding carboxylic acids is 1. The van der Waals surface area contributed by atoms with Crippen molar-refractivity contribution in [2.24, 2.45) is 5.92 Å². The van der Waals surface area contributed by atoms with Gasteiger partial charge in [-0.15, -0.1) is 10.2 Å². The van der Waals surface area contributed by atoms with E-state index in [1.54, 1.807) is 0 Å². The van der Waals surface area contributed by atoms with Gasteiger partial charge < -0.3 is 4.42 Å². The largest absolute Gasteiger partial charge is 0.424 e. The monoisotopic (exact) mass is 223 g/mol. The topological polar surface area (TPSA) is 59.2 Å². The maximum Gasteiger partial charge on any atom is 0.230 e. The first-order chi connectivity index (χ1) is 7.69. The van der Waals surface area contributed by atoms with Gasteiger partial charge in [0.1, 0.15) is 5.78 Å². The van der Waals surface area contributed by atoms with Crippen LogP contribution < -0.4 is 0 Å². The zero-order chi connectivity index (χ0) is 11.5. The summed E-state index contributed by atoms with van der Waals surface area (Å²) >= 11 is 0. The highest BCUT2D eigenvalue weighted by atomic mass is 16.4. The fraction of sp³-hybridized carbons (Fsp3) is 0.727. The predicted molar refractivity (Wildman–Crippen MR) is 57.7 cm³/mol. The number of likely N-dealkylation sites (tertiary alicyclic amines) is 1. The molecule has 0 saturated carbocycles. The molecule has 0 N–H and O–H groups in total. The standard InChI is InChI=1S/C11H17N3O2/c1-3-10-12-13-11(16-10)7-14-5-4-9(15)8(2)6-14/h8H,3-7H2,1-2H3. The predicted octanol–water partition coefficient (Wildman–Crippen LogP) is 1.04. The van der Waals surface area contributed by atoms with Crippen LogP contribution in [0.4, 0.5) is 0 Å². The summed E-state index contributed by atoms with van der Waals surface area (Å²) in [4.78, 5) is 13.6. The van der Waals surface area contributed by atoms with Crippen LogP contribution in [0, 0.1) is 5.92 Å². The summed E-state index contributed by atoms with van der Waals surface area (Å²) in [6, 6.07) is 0. The zero-order valence-corrected chi connectivity index (χ0v) is 9.77. The lowest BCUT2D eigenvalue weighted by Crippen LogP contribution is -2.39. The second-order valence-corrected chi connectivity index (χ2v) is 4.30. The van der Waals surface area contributed by atoms with Gasteiger partial charge in [0.05, 0.1) is 6.54 Å². The third-order valence-corrected chi connectivity index (χ3v) is 2.93. The van der Waals surface area contributed by atoms with Gasteiger partial charge in [-0.3, -0.25) is 9.69 Å². The maximum atomic E-state index is 11.4. The van der Waals surface area contributed by atoms with E-state index >= 15 is 0 Å². The zero-order valence-electron chi connectivity index (χ0n) is 9.77. The molecule has 2 rings (SSSR count). The van der Waals surface area contributed by atoms with E-state index in [9.17, 15) is 4.79 Å². The Morgan fingerprint density at radius 2 is 2.19 bits per heavy atom. The summed E-state index contributed by atoms with van der Waals surface area (Å²) in [5, 5.41) is 7.91. The molecular formula is C11H17N3O2. The molecule has 2 heterocycles. The van der Waals surface area contributed by atoms with Crippen molar-refractivity contribution < 1.29 is 9.21 Å². The van der Waals surface area contributed by atoms with Crippen molar-refractivity contribution in [3.05, 3.63) is 11.8 Å². The Morgan fingerprint density at radius 3 is 2.81 bits per heavy atom. The first-order valence-electron chi connectivity index (χ1n) is 5.75. The highest BCUT2D eigenvalue weighted by Gasteiger charge is 2.24. The molecule has 1 atom stereocenters. The van der Waals surface area contributed by atoms with E-state index in [1.807, 2.05) is 13.8 Å². The van der Waals surface area contributed by atoms with Crippen LogP contribution in [-0.4, -0.2) is 34.0 Å². The Bertz CT molecular complexity index is 375. The number of hydrogen-bond donors (Lipinski definition) is 0. The molecule has 1 saturated heterocycles. The molecular weight excluding hydrogens is 206 g/mol. The first kappa shape index (κ1) is 11.3. The Kier molecular flexibility index (Phi) is 3.33. The Morgan fingerprint density at radius 1 is 1.44 bits per heavy atom. The fourth-order valence-electron chi connectivity index (χ4n) is 1.93. The van der Waals surface area contributed by atoms with Crippen molar-refractivity contribution in [3.8, 4) is 0 Å². The van der Waals surface area contributed by atoms with Gasteiger partial charge in [0, 0.05) is 31.8 Å². The van der Waals surface area contributed by atoms with Crippen LogP contribution in [0.15, 0.2) is 4.42 Å². The minimum Gasteiger partial charge on any atom is -0.424 e. The van der Waals surface area contributed by atoms with Crippen LogP contribution in [0.2, 0.25) is 0 Å². The van der Waals surface area contributed by atoms with Crippen molar-refractivity contribution in [1.29, 1.82) is 0 Å². The summed E-state index contributed by atoms with van der Waals surface area (Å²) < 4.78 is 5.45. The molecule has 0 spiro atoms. The SMILES string of the molecule is CCc1nnc(CN2CCC(=O)C(C)C2)o1. The van der Waals surface area contributed by atoms with Crippen molar-refractivity contribution in [2.45, 2.75) is 33.2 Å². The van der Waals surface area contributed by atoms with E-state index < -0.39 is 0 Å². The molecule has 0 radical (unpaired) electrons. The van der Waals surface area contributed by atoms with Crippen LogP contribution in [0.25, 0.3) is 0 Å². The number of Topliss-reactive ketones (excluding diaryl/α,β-unsaturated/α-hetero) is 1. The number of hydrogen-bond acceptors (Lipinski definition) is 5. The molecule has 0 amide bonds. The third-order valence-electron chi connectivity index (χ3n) is 2.93. The molecule has 16 heavy (non-hydrogen) atoms. The van der Waals surface area contributed by atoms with Crippen LogP contribution in [0.3, 0.4) is 0 Å². The van der Waals surface area contributed by atoms with Crippen LogP contribution >= 0.6 is 0 Å². The molecule has 1 fully saturated rings. The molecule has 1 aliphatic rings. The lowest BCUT2D eigenvalue weighted by molar-refractivity contribution is -0.125. The second-order valence-electron chi connectivity index (χ2n) is 4.30. The number of rotatable bonds is 3. The number of piperidine rings is 1. The lowest BCUT2D eigenvalue weighted by Gasteiger charge is -2.28. The number of aryl methyl sites for hydroxylation is 1. The minimum atomic E-state index is 0.127. The smallest absolute Gasteiger partial charge is 0.230 e. The number of carbonyl (C=O) groups is 1. The summed E-state index contributed by atoms with van der Waals surface area (Å²) in [7, 11) is 0. The van der Waals surface area contributed by atoms with E-state index in [2.05, 4.69) is 15.1 Å². The first-order valence-corrected chi connectivity index (χ1v) is 5.75. The van der Waals surface area contributed by atoms with Crippen LogP contribution in [-0.2, 0) is 17.8 Å². The van der Waals surface area contributed by atoms with Gasteiger partial charge in [-0.25, -0.2) is 0 Å². The Balaban J connectivity index is 1.92. The summed E-state index contributed by atoms with van der Waals surface area (Å²) in [5.74, 6) is 1.81. The van der Waals surface area contributed by atoms with Crippen molar-refractivity contribution in [1.82, 2.24) is 15.1 Å². The average molecular weight is 223 g/mol. The van der Waals surface area contributed by atoms with Gasteiger partial charge in [0.2, 0.25) is 11.8 Å². The van der Waals surface area contributed by atoms with Gasteiger partial charge in [-0.2, -0.15) is 0 Å². The highest BCUT2D eigenvalue weighted by Crippen LogP contribution is 2.14. The highest BCUT2D eigenvalue weighted by molar-refractivity contribution is 5.81. The van der Waals surface area contributed by atoms with E-state index in [1.165, 1.54) is 0 Å². The molecule has 5 nitrogen and oxygen atoms in total. The van der Waals surface area contributed by atoms with Gasteiger partial charge in [-0.1, -0.05) is 13.8 Å². The molecule has 0 aromatic carbocycles. The molecule has 0 aliphatic carbocycles. The van der Waals surface area contributed by atoms with E-state index in [-0.39, 0.29) is 5.92 Å². The molecule has 0 bridgehead atoms. The Hall–Kier alpha value is -1.23. The molecule has 1 aliphatic heterocycles. The molecule has 1 aromatic rings. The summed E-state index contributed by atoms with van der Waals surface area (Å²) in [6.45, 7) is 6.21. The van der Waals surface area contributed by atoms with E-state index in [0.29, 0.717) is 30.5 Å². The normalized spacial score (nSPS) is 22.6. The second kappa shape index (κ2) is 4.74. The average Bonchev–Trinajstić information content (AvgIpc) is 2.71. The molecule has 5 heteroatoms. The van der Waals surface area contributed by atoms with Gasteiger partial charge >= 0.3 is 0 Å². The van der Waals surface area contributed by atoms with Gasteiger partial charge in [0.15, 0.2) is 0 Å². The quantitative estimate of drug-likeness (QED) is 0.766. The molecule has 1 unspecified atom stereocenters. The van der Waals surface area contributed by atoms with Crippen LogP contribution in [0.1, 0.15) is 32.0 Å². The Labute approximate surface area is 94.8 Å². The molecule has 1 aromatic heterocycles. The fourth-order valence-corrected chi connectivity index (χ4v) is 1.93. The van der Waals surface area contributed by atoms with E-state index in [4.69, 9.17) is 4.42 Å². The molecule has 88 valence electrons. The lowest BCUT2D eigenvalue weighted by atomic mass is 9.99. The minimum absolute atomic E-state index is 0.127. The summed E-state index contributed by atoms with van der Waals surface area (Å²) in [6.07, 6.45) is 1.40. The maximum absolute atomic E-state index is 11.4. The number of ketones is 1. The van der Waals surface area contributed by atoms with Crippen molar-refractivity contribution >= 4 is 5.78 Å². The van der Waals surface area contributed by atoms with Crippen LogP contribution in [0.5, 0.6) is 0 Å². The van der Waals surface area contributed by atoms with Crippen molar-refractivity contribution in [2.75, 3.05) is 13.1 Å². The van der Waals surface area contributed by atoms with E-state index in [0.717, 1.165) is 19.5 Å². The van der Waals surface area contributed by atoms with Gasteiger partial charge in [-0.05, 0) is 0 Å². The number of aromatic nitrogens is 2. The van der Waals surface area contributed by atoms with Crippen molar-refractivity contribution in [3.63, 3.8) is 0 Å².